The maximum absolute atomic E-state index is 11.9. The van der Waals surface area contributed by atoms with Gasteiger partial charge in [-0.2, -0.15) is 0 Å². The number of carbonyl (C=O) groups is 2. The van der Waals surface area contributed by atoms with Gasteiger partial charge in [0.2, 0.25) is 0 Å². The quantitative estimate of drug-likeness (QED) is 0.398. The number of hydrogen-bond donors (Lipinski definition) is 0. The molecule has 0 unspecified atom stereocenters. The average Bonchev–Trinajstić information content (AvgIpc) is 2.83. The molecule has 0 spiro atoms. The van der Waals surface area contributed by atoms with Gasteiger partial charge >= 0.3 is 0 Å². The van der Waals surface area contributed by atoms with Crippen LogP contribution in [0.2, 0.25) is 0 Å². The van der Waals surface area contributed by atoms with Crippen molar-refractivity contribution in [3.63, 3.8) is 0 Å². The normalized spacial score (nSPS) is 16.0. The number of benzene rings is 2. The van der Waals surface area contributed by atoms with Gasteiger partial charge in [0.15, 0.2) is 0 Å². The lowest BCUT2D eigenvalue weighted by molar-refractivity contribution is -0.121. The first-order valence-electron chi connectivity index (χ1n) is 7.32. The summed E-state index contributed by atoms with van der Waals surface area (Å²) in [7, 11) is 1.49. The zero-order valence-electron chi connectivity index (χ0n) is 13.2. The number of nitrogens with zero attached hydrogens (tertiary/aromatic N) is 1. The van der Waals surface area contributed by atoms with Crippen LogP contribution in [0.3, 0.4) is 0 Å². The molecule has 2 amide bonds. The maximum Gasteiger partial charge on any atom is 0.293 e. The second-order valence-corrected chi connectivity index (χ2v) is 8.42. The summed E-state index contributed by atoms with van der Waals surface area (Å²) in [4.78, 5) is 25.1. The van der Waals surface area contributed by atoms with Crippen molar-refractivity contribution in [2.24, 2.45) is 0 Å². The first kappa shape index (κ1) is 18.5. The third-order valence-corrected chi connectivity index (χ3v) is 5.88. The summed E-state index contributed by atoms with van der Waals surface area (Å²) >= 11 is 6.57. The fourth-order valence-corrected chi connectivity index (χ4v) is 3.95. The van der Waals surface area contributed by atoms with E-state index in [1.54, 1.807) is 6.08 Å². The molecule has 1 heterocycles. The number of thioether (sulfide) groups is 1. The zero-order valence-corrected chi connectivity index (χ0v) is 17.7. The lowest BCUT2D eigenvalue weighted by atomic mass is 10.2. The Morgan fingerprint density at radius 3 is 2.52 bits per heavy atom. The van der Waals surface area contributed by atoms with Crippen LogP contribution in [0, 0.1) is 3.57 Å². The van der Waals surface area contributed by atoms with Crippen molar-refractivity contribution in [2.45, 2.75) is 6.61 Å². The summed E-state index contributed by atoms with van der Waals surface area (Å²) in [5, 5.41) is -0.250. The molecule has 0 N–H and O–H groups in total. The number of amides is 2. The third-order valence-electron chi connectivity index (χ3n) is 3.55. The molecule has 0 aromatic heterocycles. The Morgan fingerprint density at radius 2 is 1.92 bits per heavy atom. The van der Waals surface area contributed by atoms with Gasteiger partial charge in [-0.25, -0.2) is 0 Å². The van der Waals surface area contributed by atoms with E-state index in [0.717, 1.165) is 41.6 Å². The van der Waals surface area contributed by atoms with Gasteiger partial charge in [-0.1, -0.05) is 34.1 Å². The largest absolute Gasteiger partial charge is 0.488 e. The van der Waals surface area contributed by atoms with Gasteiger partial charge in [0, 0.05) is 11.5 Å². The Labute approximate surface area is 171 Å². The number of imide groups is 1. The molecule has 128 valence electrons. The summed E-state index contributed by atoms with van der Waals surface area (Å²) in [5.41, 5.74) is 1.94. The van der Waals surface area contributed by atoms with Crippen molar-refractivity contribution < 1.29 is 14.3 Å². The number of halogens is 2. The Balaban J connectivity index is 1.72. The molecule has 0 atom stereocenters. The molecular formula is C18H13BrINO3S. The Hall–Kier alpha value is -1.32. The fraction of sp³-hybridized carbons (Fsp3) is 0.111. The first-order chi connectivity index (χ1) is 11.9. The summed E-state index contributed by atoms with van der Waals surface area (Å²) in [6.45, 7) is 0.483. The predicted molar refractivity (Wildman–Crippen MR) is 111 cm³/mol. The van der Waals surface area contributed by atoms with Crippen LogP contribution in [0.1, 0.15) is 11.1 Å². The van der Waals surface area contributed by atoms with E-state index >= 15 is 0 Å². The number of hydrogen-bond acceptors (Lipinski definition) is 4. The summed E-state index contributed by atoms with van der Waals surface area (Å²) in [6, 6.07) is 13.7. The monoisotopic (exact) mass is 529 g/mol. The van der Waals surface area contributed by atoms with Gasteiger partial charge in [-0.15, -0.1) is 0 Å². The van der Waals surface area contributed by atoms with E-state index in [4.69, 9.17) is 4.74 Å². The van der Waals surface area contributed by atoms with Crippen molar-refractivity contribution >= 4 is 67.5 Å². The van der Waals surface area contributed by atoms with E-state index in [1.165, 1.54) is 7.05 Å². The number of carbonyl (C=O) groups excluding carboxylic acids is 2. The predicted octanol–water partition coefficient (Wildman–Crippen LogP) is 5.30. The molecule has 0 radical (unpaired) electrons. The van der Waals surface area contributed by atoms with E-state index in [2.05, 4.69) is 38.5 Å². The highest BCUT2D eigenvalue weighted by Gasteiger charge is 2.31. The van der Waals surface area contributed by atoms with Crippen LogP contribution in [0.15, 0.2) is 51.8 Å². The number of ether oxygens (including phenoxy) is 1. The van der Waals surface area contributed by atoms with Gasteiger partial charge in [-0.05, 0) is 75.8 Å². The van der Waals surface area contributed by atoms with Crippen LogP contribution < -0.4 is 4.74 Å². The van der Waals surface area contributed by atoms with Gasteiger partial charge < -0.3 is 4.74 Å². The highest BCUT2D eigenvalue weighted by Crippen LogP contribution is 2.32. The minimum absolute atomic E-state index is 0.250. The van der Waals surface area contributed by atoms with Gasteiger partial charge in [-0.3, -0.25) is 14.5 Å². The number of likely N-dealkylation sites (N-methyl/N-ethyl adjacent to an activating group) is 1. The topological polar surface area (TPSA) is 46.6 Å². The lowest BCUT2D eigenvalue weighted by Gasteiger charge is -2.09. The van der Waals surface area contributed by atoms with E-state index in [1.807, 2.05) is 42.5 Å². The molecule has 7 heteroatoms. The highest BCUT2D eigenvalue weighted by molar-refractivity contribution is 14.1. The van der Waals surface area contributed by atoms with Crippen LogP contribution >= 0.6 is 50.3 Å². The Bertz CT molecular complexity index is 867. The molecule has 1 aliphatic rings. The van der Waals surface area contributed by atoms with Gasteiger partial charge in [0.1, 0.15) is 12.4 Å². The molecule has 0 saturated carbocycles. The van der Waals surface area contributed by atoms with E-state index < -0.39 is 0 Å². The molecule has 2 aromatic rings. The average molecular weight is 530 g/mol. The molecule has 1 saturated heterocycles. The van der Waals surface area contributed by atoms with Crippen LogP contribution in [0.4, 0.5) is 4.79 Å². The lowest BCUT2D eigenvalue weighted by Crippen LogP contribution is -2.22. The van der Waals surface area contributed by atoms with E-state index in [-0.39, 0.29) is 11.1 Å². The first-order valence-corrected chi connectivity index (χ1v) is 10.0. The SMILES string of the molecule is CN1C(=O)S/C(=C\c2ccc(OCc3ccc(Br)cc3)c(I)c2)C1=O. The van der Waals surface area contributed by atoms with E-state index in [9.17, 15) is 9.59 Å². The summed E-state index contributed by atoms with van der Waals surface area (Å²) < 4.78 is 7.84. The molecule has 25 heavy (non-hydrogen) atoms. The third kappa shape index (κ3) is 4.45. The number of rotatable bonds is 4. The molecule has 4 nitrogen and oxygen atoms in total. The molecule has 1 fully saturated rings. The standard InChI is InChI=1S/C18H13BrINO3S/c1-21-17(22)16(25-18(21)23)9-12-4-7-15(14(20)8-12)24-10-11-2-5-13(19)6-3-11/h2-9H,10H2,1H3/b16-9-. The molecule has 3 rings (SSSR count). The van der Waals surface area contributed by atoms with Crippen molar-refractivity contribution in [1.29, 1.82) is 0 Å². The highest BCUT2D eigenvalue weighted by atomic mass is 127. The van der Waals surface area contributed by atoms with Gasteiger partial charge in [0.05, 0.1) is 8.48 Å². The zero-order chi connectivity index (χ0) is 18.0. The minimum atomic E-state index is -0.263. The fourth-order valence-electron chi connectivity index (χ4n) is 2.16. The van der Waals surface area contributed by atoms with Crippen molar-refractivity contribution in [2.75, 3.05) is 7.05 Å². The summed E-state index contributed by atoms with van der Waals surface area (Å²) in [6.07, 6.45) is 1.73. The van der Waals surface area contributed by atoms with Crippen LogP contribution in [0.5, 0.6) is 5.75 Å². The Morgan fingerprint density at radius 1 is 1.20 bits per heavy atom. The summed E-state index contributed by atoms with van der Waals surface area (Å²) in [5.74, 6) is 0.518. The Kier molecular flexibility index (Phi) is 5.85. The van der Waals surface area contributed by atoms with Crippen LogP contribution in [-0.2, 0) is 11.4 Å². The van der Waals surface area contributed by atoms with Crippen molar-refractivity contribution in [3.05, 3.63) is 66.5 Å². The van der Waals surface area contributed by atoms with Crippen molar-refractivity contribution in [1.82, 2.24) is 4.90 Å². The van der Waals surface area contributed by atoms with E-state index in [0.29, 0.717) is 11.5 Å². The van der Waals surface area contributed by atoms with Gasteiger partial charge in [0.25, 0.3) is 11.1 Å². The second-order valence-electron chi connectivity index (χ2n) is 5.35. The molecule has 0 bridgehead atoms. The smallest absolute Gasteiger partial charge is 0.293 e. The molecular weight excluding hydrogens is 517 g/mol. The van der Waals surface area contributed by atoms with Crippen molar-refractivity contribution in [3.8, 4) is 5.75 Å². The molecule has 0 aliphatic carbocycles. The molecule has 1 aliphatic heterocycles. The maximum atomic E-state index is 11.9. The van der Waals surface area contributed by atoms with Crippen LogP contribution in [-0.4, -0.2) is 23.1 Å². The second kappa shape index (κ2) is 7.92. The minimum Gasteiger partial charge on any atom is -0.488 e. The van der Waals surface area contributed by atoms with Crippen LogP contribution in [0.25, 0.3) is 6.08 Å². The molecule has 2 aromatic carbocycles.